The van der Waals surface area contributed by atoms with Crippen LogP contribution in [-0.4, -0.2) is 13.0 Å². The monoisotopic (exact) mass is 237 g/mol. The number of methoxy groups -OCH3 is 1. The first-order valence-corrected chi connectivity index (χ1v) is 4.64. The minimum Gasteiger partial charge on any atom is -0.493 e. The fraction of sp³-hybridized carbons (Fsp3) is 0.0909. The molecule has 5 nitrogen and oxygen atoms in total. The molecular weight excluding hydrogens is 229 g/mol. The second-order valence-electron chi connectivity index (χ2n) is 3.32. The largest absolute Gasteiger partial charge is 0.493 e. The van der Waals surface area contributed by atoms with Gasteiger partial charge in [0.05, 0.1) is 12.5 Å². The van der Waals surface area contributed by atoms with Crippen molar-refractivity contribution in [2.45, 2.75) is 0 Å². The highest BCUT2D eigenvalue weighted by Gasteiger charge is 2.14. The predicted octanol–water partition coefficient (Wildman–Crippen LogP) is 1.04. The van der Waals surface area contributed by atoms with Crippen LogP contribution in [0.4, 0.5) is 4.39 Å². The van der Waals surface area contributed by atoms with E-state index in [1.807, 2.05) is 0 Å². The lowest BCUT2D eigenvalue weighted by atomic mass is 10.2. The highest BCUT2D eigenvalue weighted by Crippen LogP contribution is 2.25. The maximum atomic E-state index is 13.2. The number of fused-ring (bicyclic) bond motifs is 1. The van der Waals surface area contributed by atoms with Gasteiger partial charge >= 0.3 is 0 Å². The van der Waals surface area contributed by atoms with Gasteiger partial charge in [0.15, 0.2) is 22.5 Å². The number of hydrogen-bond acceptors (Lipinski definition) is 4. The maximum absolute atomic E-state index is 13.2. The lowest BCUT2D eigenvalue weighted by Crippen LogP contribution is -2.14. The third-order valence-electron chi connectivity index (χ3n) is 2.22. The molecule has 0 saturated carbocycles. The molecule has 1 aromatic carbocycles. The summed E-state index contributed by atoms with van der Waals surface area (Å²) in [6, 6.07) is 2.98. The van der Waals surface area contributed by atoms with Gasteiger partial charge in [-0.25, -0.2) is 4.39 Å². The topological polar surface area (TPSA) is 82.5 Å². The number of ether oxygens (including phenoxy) is 1. The maximum Gasteiger partial charge on any atom is 0.284 e. The van der Waals surface area contributed by atoms with Crippen LogP contribution in [0.2, 0.25) is 0 Å². The first-order chi connectivity index (χ1) is 8.02. The van der Waals surface area contributed by atoms with Gasteiger partial charge in [-0.05, 0) is 6.07 Å². The summed E-state index contributed by atoms with van der Waals surface area (Å²) >= 11 is 0. The highest BCUT2D eigenvalue weighted by atomic mass is 19.1. The predicted molar refractivity (Wildman–Crippen MR) is 57.5 cm³/mol. The Balaban J connectivity index is 2.91. The molecule has 0 saturated heterocycles. The van der Waals surface area contributed by atoms with E-state index in [1.54, 1.807) is 0 Å². The zero-order valence-corrected chi connectivity index (χ0v) is 8.82. The molecule has 0 atom stereocenters. The van der Waals surface area contributed by atoms with Crippen molar-refractivity contribution in [3.63, 3.8) is 0 Å². The summed E-state index contributed by atoms with van der Waals surface area (Å²) in [7, 11) is 1.30. The van der Waals surface area contributed by atoms with Crippen LogP contribution in [0, 0.1) is 5.82 Å². The average molecular weight is 237 g/mol. The summed E-state index contributed by atoms with van der Waals surface area (Å²) in [4.78, 5) is 22.6. The molecule has 1 aromatic heterocycles. The SMILES string of the molecule is COc1cc(F)cc2c(=O)cc(C(N)=O)oc12. The molecule has 0 aliphatic carbocycles. The number of rotatable bonds is 2. The van der Waals surface area contributed by atoms with E-state index in [0.717, 1.165) is 18.2 Å². The van der Waals surface area contributed by atoms with Crippen molar-refractivity contribution in [2.75, 3.05) is 7.11 Å². The molecular formula is C11H8FNO4. The number of halogens is 1. The van der Waals surface area contributed by atoms with Gasteiger partial charge in [0.1, 0.15) is 5.82 Å². The third kappa shape index (κ3) is 1.84. The lowest BCUT2D eigenvalue weighted by Gasteiger charge is -2.05. The van der Waals surface area contributed by atoms with Crippen LogP contribution in [0.1, 0.15) is 10.6 Å². The molecule has 0 bridgehead atoms. The van der Waals surface area contributed by atoms with E-state index in [4.69, 9.17) is 14.9 Å². The normalized spacial score (nSPS) is 10.5. The zero-order valence-electron chi connectivity index (χ0n) is 8.82. The number of hydrogen-bond donors (Lipinski definition) is 1. The molecule has 0 aliphatic rings. The molecule has 2 aromatic rings. The van der Waals surface area contributed by atoms with Crippen molar-refractivity contribution in [1.29, 1.82) is 0 Å². The van der Waals surface area contributed by atoms with E-state index in [1.165, 1.54) is 7.11 Å². The third-order valence-corrected chi connectivity index (χ3v) is 2.22. The van der Waals surface area contributed by atoms with Crippen LogP contribution >= 0.6 is 0 Å². The Labute approximate surface area is 94.6 Å². The van der Waals surface area contributed by atoms with E-state index in [0.29, 0.717) is 0 Å². The number of carbonyl (C=O) groups is 1. The van der Waals surface area contributed by atoms with Crippen LogP contribution in [0.3, 0.4) is 0 Å². The second-order valence-corrected chi connectivity index (χ2v) is 3.32. The fourth-order valence-corrected chi connectivity index (χ4v) is 1.47. The molecule has 0 aliphatic heterocycles. The van der Waals surface area contributed by atoms with Crippen molar-refractivity contribution >= 4 is 16.9 Å². The van der Waals surface area contributed by atoms with E-state index in [2.05, 4.69) is 0 Å². The van der Waals surface area contributed by atoms with Gasteiger partial charge in [-0.15, -0.1) is 0 Å². The van der Waals surface area contributed by atoms with Gasteiger partial charge in [-0.3, -0.25) is 9.59 Å². The van der Waals surface area contributed by atoms with Crippen molar-refractivity contribution in [2.24, 2.45) is 5.73 Å². The Morgan fingerprint density at radius 1 is 1.41 bits per heavy atom. The summed E-state index contributed by atoms with van der Waals surface area (Å²) < 4.78 is 23.2. The van der Waals surface area contributed by atoms with Gasteiger partial charge in [-0.1, -0.05) is 0 Å². The minimum absolute atomic E-state index is 0.00444. The van der Waals surface area contributed by atoms with Gasteiger partial charge in [0.2, 0.25) is 0 Å². The summed E-state index contributed by atoms with van der Waals surface area (Å²) in [5.41, 5.74) is 4.45. The van der Waals surface area contributed by atoms with Crippen molar-refractivity contribution in [1.82, 2.24) is 0 Å². The van der Waals surface area contributed by atoms with Gasteiger partial charge in [0.25, 0.3) is 5.91 Å². The van der Waals surface area contributed by atoms with Crippen LogP contribution in [0.25, 0.3) is 11.0 Å². The number of benzene rings is 1. The van der Waals surface area contributed by atoms with E-state index < -0.39 is 17.2 Å². The Morgan fingerprint density at radius 3 is 2.71 bits per heavy atom. The van der Waals surface area contributed by atoms with Crippen LogP contribution in [-0.2, 0) is 0 Å². The van der Waals surface area contributed by atoms with Crippen LogP contribution in [0.5, 0.6) is 5.75 Å². The van der Waals surface area contributed by atoms with E-state index in [-0.39, 0.29) is 22.5 Å². The summed E-state index contributed by atoms with van der Waals surface area (Å²) in [6.07, 6.45) is 0. The Morgan fingerprint density at radius 2 is 2.12 bits per heavy atom. The Hall–Kier alpha value is -2.37. The molecule has 2 N–H and O–H groups in total. The molecule has 0 radical (unpaired) electrons. The number of nitrogens with two attached hydrogens (primary N) is 1. The second kappa shape index (κ2) is 3.89. The Bertz CT molecular complexity index is 662. The van der Waals surface area contributed by atoms with Gasteiger partial charge in [-0.2, -0.15) is 0 Å². The molecule has 0 fully saturated rings. The standard InChI is InChI=1S/C11H8FNO4/c1-16-8-3-5(12)2-6-7(14)4-9(11(13)15)17-10(6)8/h2-4H,1H3,(H2,13,15). The van der Waals surface area contributed by atoms with Gasteiger partial charge in [0, 0.05) is 12.1 Å². The van der Waals surface area contributed by atoms with Crippen LogP contribution in [0.15, 0.2) is 27.4 Å². The van der Waals surface area contributed by atoms with E-state index >= 15 is 0 Å². The van der Waals surface area contributed by atoms with Crippen molar-refractivity contribution < 1.29 is 18.3 Å². The molecule has 1 heterocycles. The van der Waals surface area contributed by atoms with Crippen molar-refractivity contribution in [3.05, 3.63) is 40.0 Å². The first-order valence-electron chi connectivity index (χ1n) is 4.64. The molecule has 1 amide bonds. The smallest absolute Gasteiger partial charge is 0.284 e. The van der Waals surface area contributed by atoms with Crippen LogP contribution < -0.4 is 15.9 Å². The lowest BCUT2D eigenvalue weighted by molar-refractivity contribution is 0.0974. The molecule has 6 heteroatoms. The number of carbonyl (C=O) groups excluding carboxylic acids is 1. The number of amides is 1. The summed E-state index contributed by atoms with van der Waals surface area (Å²) in [5, 5.41) is -0.00755. The molecule has 2 rings (SSSR count). The summed E-state index contributed by atoms with van der Waals surface area (Å²) in [5.74, 6) is -1.78. The minimum atomic E-state index is -0.879. The van der Waals surface area contributed by atoms with E-state index in [9.17, 15) is 14.0 Å². The first kappa shape index (κ1) is 11.1. The highest BCUT2D eigenvalue weighted by molar-refractivity contribution is 5.92. The summed E-state index contributed by atoms with van der Waals surface area (Å²) in [6.45, 7) is 0. The number of primary amides is 1. The Kier molecular flexibility index (Phi) is 2.55. The molecule has 88 valence electrons. The molecule has 0 spiro atoms. The quantitative estimate of drug-likeness (QED) is 0.845. The fourth-order valence-electron chi connectivity index (χ4n) is 1.47. The average Bonchev–Trinajstić information content (AvgIpc) is 2.28. The zero-order chi connectivity index (χ0) is 12.6. The van der Waals surface area contributed by atoms with Crippen molar-refractivity contribution in [3.8, 4) is 5.75 Å². The molecule has 17 heavy (non-hydrogen) atoms. The molecule has 0 unspecified atom stereocenters. The van der Waals surface area contributed by atoms with Gasteiger partial charge < -0.3 is 14.9 Å².